The molecule has 0 saturated carbocycles. The Kier molecular flexibility index (Phi) is 4.33. The van der Waals surface area contributed by atoms with Crippen molar-refractivity contribution >= 4 is 0 Å². The maximum absolute atomic E-state index is 6.13. The smallest absolute Gasteiger partial charge is 0.119 e. The van der Waals surface area contributed by atoms with Gasteiger partial charge < -0.3 is 15.2 Å². The molecule has 2 N–H and O–H groups in total. The van der Waals surface area contributed by atoms with Gasteiger partial charge in [-0.15, -0.1) is 0 Å². The van der Waals surface area contributed by atoms with E-state index in [-0.39, 0.29) is 6.10 Å². The largest absolute Gasteiger partial charge is 0.491 e. The summed E-state index contributed by atoms with van der Waals surface area (Å²) in [6, 6.07) is 7.85. The minimum atomic E-state index is -0.453. The zero-order valence-electron chi connectivity index (χ0n) is 10.5. The Morgan fingerprint density at radius 3 is 2.25 bits per heavy atom. The highest BCUT2D eigenvalue weighted by Crippen LogP contribution is 2.21. The van der Waals surface area contributed by atoms with Crippen LogP contribution in [0.3, 0.4) is 0 Å². The van der Waals surface area contributed by atoms with E-state index in [1.54, 1.807) is 7.11 Å². The topological polar surface area (TPSA) is 44.5 Å². The molecule has 0 bridgehead atoms. The lowest BCUT2D eigenvalue weighted by atomic mass is 9.94. The van der Waals surface area contributed by atoms with E-state index in [4.69, 9.17) is 15.2 Å². The minimum Gasteiger partial charge on any atom is -0.491 e. The summed E-state index contributed by atoms with van der Waals surface area (Å²) in [5.74, 6) is 0.868. The molecular weight excluding hydrogens is 202 g/mol. The number of hydrogen-bond donors (Lipinski definition) is 1. The molecule has 0 amide bonds. The van der Waals surface area contributed by atoms with Gasteiger partial charge in [0.1, 0.15) is 5.75 Å². The Hall–Kier alpha value is -1.06. The van der Waals surface area contributed by atoms with Crippen LogP contribution in [0.4, 0.5) is 0 Å². The molecule has 3 nitrogen and oxygen atoms in total. The van der Waals surface area contributed by atoms with Crippen molar-refractivity contribution in [3.05, 3.63) is 29.8 Å². The van der Waals surface area contributed by atoms with Crippen LogP contribution in [0, 0.1) is 0 Å². The lowest BCUT2D eigenvalue weighted by Gasteiger charge is -2.24. The first-order valence-corrected chi connectivity index (χ1v) is 5.51. The fourth-order valence-corrected chi connectivity index (χ4v) is 1.57. The van der Waals surface area contributed by atoms with Crippen LogP contribution in [0.2, 0.25) is 0 Å². The third-order valence-electron chi connectivity index (χ3n) is 2.33. The molecule has 1 aromatic carbocycles. The third-order valence-corrected chi connectivity index (χ3v) is 2.33. The van der Waals surface area contributed by atoms with Crippen LogP contribution in [0.1, 0.15) is 26.3 Å². The van der Waals surface area contributed by atoms with Crippen molar-refractivity contribution in [1.82, 2.24) is 0 Å². The van der Waals surface area contributed by atoms with Crippen LogP contribution in [0.15, 0.2) is 24.3 Å². The van der Waals surface area contributed by atoms with E-state index in [1.165, 1.54) is 0 Å². The molecule has 1 unspecified atom stereocenters. The maximum atomic E-state index is 6.13. The standard InChI is InChI=1S/C13H21NO2/c1-10(2)16-12-7-5-11(6-8-12)13(3,14)9-15-4/h5-8,10H,9,14H2,1-4H3. The minimum absolute atomic E-state index is 0.189. The van der Waals surface area contributed by atoms with E-state index in [1.807, 2.05) is 45.0 Å². The Morgan fingerprint density at radius 1 is 1.25 bits per heavy atom. The lowest BCUT2D eigenvalue weighted by Crippen LogP contribution is -2.37. The summed E-state index contributed by atoms with van der Waals surface area (Å²) in [6.45, 7) is 6.46. The molecule has 0 saturated heterocycles. The summed E-state index contributed by atoms with van der Waals surface area (Å²) in [5.41, 5.74) is 6.73. The third kappa shape index (κ3) is 3.51. The van der Waals surface area contributed by atoms with Crippen LogP contribution >= 0.6 is 0 Å². The quantitative estimate of drug-likeness (QED) is 0.833. The molecule has 3 heteroatoms. The zero-order chi connectivity index (χ0) is 12.2. The van der Waals surface area contributed by atoms with Crippen LogP contribution in [0.5, 0.6) is 5.75 Å². The van der Waals surface area contributed by atoms with Gasteiger partial charge in [-0.05, 0) is 38.5 Å². The molecular formula is C13H21NO2. The van der Waals surface area contributed by atoms with E-state index in [2.05, 4.69) is 0 Å². The average Bonchev–Trinajstić information content (AvgIpc) is 2.17. The van der Waals surface area contributed by atoms with Crippen LogP contribution in [-0.2, 0) is 10.3 Å². The van der Waals surface area contributed by atoms with Crippen molar-refractivity contribution in [3.8, 4) is 5.75 Å². The Labute approximate surface area is 97.6 Å². The molecule has 1 aromatic rings. The van der Waals surface area contributed by atoms with Crippen molar-refractivity contribution in [1.29, 1.82) is 0 Å². The number of nitrogens with two attached hydrogens (primary N) is 1. The lowest BCUT2D eigenvalue weighted by molar-refractivity contribution is 0.141. The summed E-state index contributed by atoms with van der Waals surface area (Å²) in [5, 5.41) is 0. The fraction of sp³-hybridized carbons (Fsp3) is 0.538. The molecule has 90 valence electrons. The highest BCUT2D eigenvalue weighted by molar-refractivity contribution is 5.31. The van der Waals surface area contributed by atoms with Crippen molar-refractivity contribution in [2.45, 2.75) is 32.4 Å². The second-order valence-corrected chi connectivity index (χ2v) is 4.54. The summed E-state index contributed by atoms with van der Waals surface area (Å²) in [7, 11) is 1.65. The summed E-state index contributed by atoms with van der Waals surface area (Å²) in [6.07, 6.45) is 0.189. The molecule has 0 radical (unpaired) electrons. The summed E-state index contributed by atoms with van der Waals surface area (Å²) in [4.78, 5) is 0. The van der Waals surface area contributed by atoms with E-state index in [9.17, 15) is 0 Å². The van der Waals surface area contributed by atoms with Gasteiger partial charge in [0.25, 0.3) is 0 Å². The van der Waals surface area contributed by atoms with Gasteiger partial charge in [-0.3, -0.25) is 0 Å². The van der Waals surface area contributed by atoms with Gasteiger partial charge in [0.15, 0.2) is 0 Å². The molecule has 0 spiro atoms. The van der Waals surface area contributed by atoms with Gasteiger partial charge in [0.05, 0.1) is 18.2 Å². The second kappa shape index (κ2) is 5.32. The van der Waals surface area contributed by atoms with Gasteiger partial charge >= 0.3 is 0 Å². The molecule has 1 atom stereocenters. The molecule has 0 aliphatic carbocycles. The maximum Gasteiger partial charge on any atom is 0.119 e. The van der Waals surface area contributed by atoms with E-state index in [0.717, 1.165) is 11.3 Å². The summed E-state index contributed by atoms with van der Waals surface area (Å²) < 4.78 is 10.7. The monoisotopic (exact) mass is 223 g/mol. The van der Waals surface area contributed by atoms with E-state index >= 15 is 0 Å². The van der Waals surface area contributed by atoms with Gasteiger partial charge in [-0.1, -0.05) is 12.1 Å². The molecule has 1 rings (SSSR count). The number of rotatable bonds is 5. The molecule has 0 aromatic heterocycles. The van der Waals surface area contributed by atoms with Crippen LogP contribution in [0.25, 0.3) is 0 Å². The van der Waals surface area contributed by atoms with Crippen molar-refractivity contribution in [2.75, 3.05) is 13.7 Å². The first-order chi connectivity index (χ1) is 7.45. The number of methoxy groups -OCH3 is 1. The molecule has 0 aliphatic rings. The predicted octanol–water partition coefficient (Wildman–Crippen LogP) is 2.29. The van der Waals surface area contributed by atoms with Crippen LogP contribution in [-0.4, -0.2) is 19.8 Å². The Bertz CT molecular complexity index is 317. The van der Waals surface area contributed by atoms with Gasteiger partial charge in [-0.2, -0.15) is 0 Å². The van der Waals surface area contributed by atoms with Crippen molar-refractivity contribution < 1.29 is 9.47 Å². The molecule has 0 fully saturated rings. The fourth-order valence-electron chi connectivity index (χ4n) is 1.57. The van der Waals surface area contributed by atoms with Gasteiger partial charge in [-0.25, -0.2) is 0 Å². The van der Waals surface area contributed by atoms with Gasteiger partial charge in [0.2, 0.25) is 0 Å². The first kappa shape index (κ1) is 13.0. The Balaban J connectivity index is 2.78. The molecule has 16 heavy (non-hydrogen) atoms. The zero-order valence-corrected chi connectivity index (χ0v) is 10.5. The highest BCUT2D eigenvalue weighted by atomic mass is 16.5. The SMILES string of the molecule is COCC(C)(N)c1ccc(OC(C)C)cc1. The number of hydrogen-bond acceptors (Lipinski definition) is 3. The van der Waals surface area contributed by atoms with E-state index < -0.39 is 5.54 Å². The number of benzene rings is 1. The highest BCUT2D eigenvalue weighted by Gasteiger charge is 2.20. The van der Waals surface area contributed by atoms with Crippen molar-refractivity contribution in [2.24, 2.45) is 5.73 Å². The van der Waals surface area contributed by atoms with Gasteiger partial charge in [0, 0.05) is 7.11 Å². The van der Waals surface area contributed by atoms with E-state index in [0.29, 0.717) is 6.61 Å². The Morgan fingerprint density at radius 2 is 1.81 bits per heavy atom. The number of ether oxygens (including phenoxy) is 2. The predicted molar refractivity (Wildman–Crippen MR) is 65.6 cm³/mol. The normalized spacial score (nSPS) is 14.9. The van der Waals surface area contributed by atoms with Crippen molar-refractivity contribution in [3.63, 3.8) is 0 Å². The molecule has 0 heterocycles. The first-order valence-electron chi connectivity index (χ1n) is 5.51. The molecule has 0 aliphatic heterocycles. The summed E-state index contributed by atoms with van der Waals surface area (Å²) >= 11 is 0. The average molecular weight is 223 g/mol. The second-order valence-electron chi connectivity index (χ2n) is 4.54. The van der Waals surface area contributed by atoms with Crippen LogP contribution < -0.4 is 10.5 Å².